The lowest BCUT2D eigenvalue weighted by molar-refractivity contribution is -0.147. The topological polar surface area (TPSA) is 102 Å². The standard InChI is InChI=1S/C15H11F3N4O2/c1-23-14(24-2)11-4-3-10(5-12(11)15(16,17)18)22-13(8-21)9(6-19)7-20/h3-5,14,22H,1-2H3. The summed E-state index contributed by atoms with van der Waals surface area (Å²) >= 11 is 0. The molecule has 0 bridgehead atoms. The van der Waals surface area contributed by atoms with E-state index in [4.69, 9.17) is 25.3 Å². The monoisotopic (exact) mass is 336 g/mol. The van der Waals surface area contributed by atoms with Gasteiger partial charge in [-0.05, 0) is 12.1 Å². The van der Waals surface area contributed by atoms with Gasteiger partial charge >= 0.3 is 6.18 Å². The Labute approximate surface area is 135 Å². The van der Waals surface area contributed by atoms with Crippen LogP contribution in [0.1, 0.15) is 17.4 Å². The van der Waals surface area contributed by atoms with Crippen LogP contribution in [0, 0.1) is 34.0 Å². The molecular weight excluding hydrogens is 325 g/mol. The Balaban J connectivity index is 3.42. The van der Waals surface area contributed by atoms with Gasteiger partial charge < -0.3 is 14.8 Å². The van der Waals surface area contributed by atoms with E-state index in [0.717, 1.165) is 12.1 Å². The van der Waals surface area contributed by atoms with Gasteiger partial charge in [-0.2, -0.15) is 29.0 Å². The molecule has 0 aliphatic heterocycles. The van der Waals surface area contributed by atoms with Crippen LogP contribution in [-0.4, -0.2) is 14.2 Å². The number of nitrogens with zero attached hydrogens (tertiary/aromatic N) is 3. The highest BCUT2D eigenvalue weighted by molar-refractivity contribution is 5.60. The summed E-state index contributed by atoms with van der Waals surface area (Å²) in [7, 11) is 2.40. The number of nitriles is 3. The Morgan fingerprint density at radius 2 is 1.67 bits per heavy atom. The molecule has 124 valence electrons. The van der Waals surface area contributed by atoms with E-state index in [-0.39, 0.29) is 11.3 Å². The number of hydrogen-bond acceptors (Lipinski definition) is 6. The van der Waals surface area contributed by atoms with Gasteiger partial charge in [0.1, 0.15) is 23.9 Å². The van der Waals surface area contributed by atoms with Crippen molar-refractivity contribution in [2.24, 2.45) is 0 Å². The average Bonchev–Trinajstić information content (AvgIpc) is 2.56. The summed E-state index contributed by atoms with van der Waals surface area (Å²) in [6.07, 6.45) is -5.93. The van der Waals surface area contributed by atoms with Crippen LogP contribution in [0.25, 0.3) is 0 Å². The smallest absolute Gasteiger partial charge is 0.352 e. The lowest BCUT2D eigenvalue weighted by Crippen LogP contribution is -2.15. The zero-order chi connectivity index (χ0) is 18.3. The number of allylic oxidation sites excluding steroid dienone is 2. The molecule has 0 saturated carbocycles. The molecule has 0 unspecified atom stereocenters. The van der Waals surface area contributed by atoms with Crippen molar-refractivity contribution in [1.82, 2.24) is 0 Å². The maximum absolute atomic E-state index is 13.3. The minimum atomic E-state index is -4.70. The molecule has 24 heavy (non-hydrogen) atoms. The summed E-state index contributed by atoms with van der Waals surface area (Å²) in [5, 5.41) is 28.7. The fraction of sp³-hybridized carbons (Fsp3) is 0.267. The van der Waals surface area contributed by atoms with Crippen molar-refractivity contribution < 1.29 is 22.6 Å². The molecule has 1 aromatic rings. The quantitative estimate of drug-likeness (QED) is 0.654. The Kier molecular flexibility index (Phi) is 6.31. The minimum absolute atomic E-state index is 0.114. The second-order valence-electron chi connectivity index (χ2n) is 4.31. The van der Waals surface area contributed by atoms with E-state index >= 15 is 0 Å². The Morgan fingerprint density at radius 3 is 2.08 bits per heavy atom. The molecule has 6 nitrogen and oxygen atoms in total. The molecule has 0 saturated heterocycles. The summed E-state index contributed by atoms with van der Waals surface area (Å²) in [6.45, 7) is 0. The Bertz CT molecular complexity index is 747. The van der Waals surface area contributed by atoms with E-state index in [1.807, 2.05) is 0 Å². The van der Waals surface area contributed by atoms with Crippen molar-refractivity contribution in [2.75, 3.05) is 19.5 Å². The van der Waals surface area contributed by atoms with Gasteiger partial charge in [-0.3, -0.25) is 0 Å². The maximum atomic E-state index is 13.3. The summed E-state index contributed by atoms with van der Waals surface area (Å²) < 4.78 is 49.4. The first-order chi connectivity index (χ1) is 11.3. The van der Waals surface area contributed by atoms with Gasteiger partial charge in [-0.25, -0.2) is 0 Å². The largest absolute Gasteiger partial charge is 0.416 e. The summed E-state index contributed by atoms with van der Waals surface area (Å²) in [5.74, 6) is 0. The van der Waals surface area contributed by atoms with Crippen LogP contribution in [0.3, 0.4) is 0 Å². The van der Waals surface area contributed by atoms with Crippen LogP contribution in [0.15, 0.2) is 29.5 Å². The van der Waals surface area contributed by atoms with Crippen LogP contribution in [-0.2, 0) is 15.7 Å². The zero-order valence-corrected chi connectivity index (χ0v) is 12.6. The Hall–Kier alpha value is -3.06. The van der Waals surface area contributed by atoms with Gasteiger partial charge in [0.25, 0.3) is 0 Å². The van der Waals surface area contributed by atoms with Crippen LogP contribution < -0.4 is 5.32 Å². The number of benzene rings is 1. The third kappa shape index (κ3) is 4.23. The Morgan fingerprint density at radius 1 is 1.08 bits per heavy atom. The van der Waals surface area contributed by atoms with Gasteiger partial charge in [-0.1, -0.05) is 6.07 Å². The number of rotatable bonds is 5. The first-order valence-corrected chi connectivity index (χ1v) is 6.30. The van der Waals surface area contributed by atoms with Crippen molar-refractivity contribution in [3.63, 3.8) is 0 Å². The van der Waals surface area contributed by atoms with Crippen molar-refractivity contribution in [3.8, 4) is 18.2 Å². The first-order valence-electron chi connectivity index (χ1n) is 6.30. The number of alkyl halides is 3. The molecule has 0 atom stereocenters. The lowest BCUT2D eigenvalue weighted by Gasteiger charge is -2.20. The molecule has 9 heteroatoms. The molecule has 0 spiro atoms. The molecule has 0 aliphatic carbocycles. The summed E-state index contributed by atoms with van der Waals surface area (Å²) in [5.41, 5.74) is -2.38. The van der Waals surface area contributed by atoms with Gasteiger partial charge in [0.15, 0.2) is 11.9 Å². The van der Waals surface area contributed by atoms with Crippen LogP contribution >= 0.6 is 0 Å². The molecule has 1 N–H and O–H groups in total. The molecule has 0 aliphatic rings. The highest BCUT2D eigenvalue weighted by atomic mass is 19.4. The molecule has 0 aromatic heterocycles. The van der Waals surface area contributed by atoms with Crippen molar-refractivity contribution in [1.29, 1.82) is 15.8 Å². The van der Waals surface area contributed by atoms with Gasteiger partial charge in [-0.15, -0.1) is 0 Å². The lowest BCUT2D eigenvalue weighted by atomic mass is 10.0. The van der Waals surface area contributed by atoms with E-state index in [1.165, 1.54) is 32.4 Å². The predicted molar refractivity (Wildman–Crippen MR) is 75.7 cm³/mol. The summed E-state index contributed by atoms with van der Waals surface area (Å²) in [6, 6.07) is 7.65. The summed E-state index contributed by atoms with van der Waals surface area (Å²) in [4.78, 5) is 0. The molecule has 1 aromatic carbocycles. The highest BCUT2D eigenvalue weighted by Gasteiger charge is 2.36. The average molecular weight is 336 g/mol. The van der Waals surface area contributed by atoms with Crippen molar-refractivity contribution >= 4 is 5.69 Å². The number of ether oxygens (including phenoxy) is 2. The van der Waals surface area contributed by atoms with Crippen LogP contribution in [0.4, 0.5) is 18.9 Å². The number of nitrogens with one attached hydrogen (secondary N) is 1. The third-order valence-electron chi connectivity index (χ3n) is 2.90. The van der Waals surface area contributed by atoms with Gasteiger partial charge in [0, 0.05) is 25.5 Å². The molecule has 0 fully saturated rings. The van der Waals surface area contributed by atoms with E-state index in [9.17, 15) is 13.2 Å². The van der Waals surface area contributed by atoms with Gasteiger partial charge in [0.2, 0.25) is 0 Å². The van der Waals surface area contributed by atoms with E-state index in [1.54, 1.807) is 6.07 Å². The number of methoxy groups -OCH3 is 2. The molecular formula is C15H11F3N4O2. The number of anilines is 1. The fourth-order valence-electron chi connectivity index (χ4n) is 1.86. The second-order valence-corrected chi connectivity index (χ2v) is 4.31. The molecule has 0 amide bonds. The molecule has 0 heterocycles. The van der Waals surface area contributed by atoms with E-state index in [2.05, 4.69) is 5.32 Å². The first kappa shape index (κ1) is 19.0. The molecule has 0 radical (unpaired) electrons. The fourth-order valence-corrected chi connectivity index (χ4v) is 1.86. The normalized spacial score (nSPS) is 10.5. The number of hydrogen-bond donors (Lipinski definition) is 1. The van der Waals surface area contributed by atoms with Gasteiger partial charge in [0.05, 0.1) is 5.56 Å². The second kappa shape index (κ2) is 7.98. The SMILES string of the molecule is COC(OC)c1ccc(NC(C#N)=C(C#N)C#N)cc1C(F)(F)F. The van der Waals surface area contributed by atoms with E-state index < -0.39 is 29.3 Å². The van der Waals surface area contributed by atoms with Crippen LogP contribution in [0.5, 0.6) is 0 Å². The zero-order valence-electron chi connectivity index (χ0n) is 12.6. The highest BCUT2D eigenvalue weighted by Crippen LogP contribution is 2.37. The number of halogens is 3. The van der Waals surface area contributed by atoms with Crippen molar-refractivity contribution in [2.45, 2.75) is 12.5 Å². The molecule has 1 rings (SSSR count). The predicted octanol–water partition coefficient (Wildman–Crippen LogP) is 3.23. The van der Waals surface area contributed by atoms with E-state index in [0.29, 0.717) is 0 Å². The van der Waals surface area contributed by atoms with Crippen molar-refractivity contribution in [3.05, 3.63) is 40.6 Å². The maximum Gasteiger partial charge on any atom is 0.416 e. The minimum Gasteiger partial charge on any atom is -0.352 e. The third-order valence-corrected chi connectivity index (χ3v) is 2.90. The van der Waals surface area contributed by atoms with Crippen LogP contribution in [0.2, 0.25) is 0 Å².